The maximum Gasteiger partial charge on any atom is 0.333 e. The highest BCUT2D eigenvalue weighted by atomic mass is 32.1. The third-order valence-electron chi connectivity index (χ3n) is 8.45. The van der Waals surface area contributed by atoms with Gasteiger partial charge >= 0.3 is 5.69 Å². The molecule has 1 saturated carbocycles. The molecule has 0 radical (unpaired) electrons. The summed E-state index contributed by atoms with van der Waals surface area (Å²) in [6.45, 7) is 10.9. The Balaban J connectivity index is 1.74. The zero-order valence-corrected chi connectivity index (χ0v) is 27.1. The van der Waals surface area contributed by atoms with Gasteiger partial charge in [0, 0.05) is 11.6 Å². The molecule has 0 aliphatic heterocycles. The van der Waals surface area contributed by atoms with Crippen molar-refractivity contribution >= 4 is 27.5 Å². The molecule has 5 rings (SSSR count). The Morgan fingerprint density at radius 1 is 1.14 bits per heavy atom. The van der Waals surface area contributed by atoms with E-state index >= 15 is 0 Å². The zero-order valence-electron chi connectivity index (χ0n) is 26.2. The highest BCUT2D eigenvalue weighted by Gasteiger charge is 2.36. The smallest absolute Gasteiger partial charge is 0.333 e. The van der Waals surface area contributed by atoms with Crippen LogP contribution in [0.4, 0.5) is 0 Å². The normalized spacial score (nSPS) is 18.2. The number of nitrogens with zero attached hydrogens (tertiary/aromatic N) is 5. The van der Waals surface area contributed by atoms with Crippen molar-refractivity contribution in [3.05, 3.63) is 74.2 Å². The molecule has 3 heterocycles. The molecule has 12 heteroatoms. The second-order valence-electron chi connectivity index (χ2n) is 12.4. The van der Waals surface area contributed by atoms with Crippen molar-refractivity contribution in [3.63, 3.8) is 0 Å². The molecule has 1 aliphatic carbocycles. The van der Waals surface area contributed by atoms with Crippen molar-refractivity contribution in [3.8, 4) is 5.00 Å². The number of aliphatic hydroxyl groups is 1. The van der Waals surface area contributed by atoms with E-state index in [0.717, 1.165) is 22.1 Å². The molecule has 1 amide bonds. The minimum absolute atomic E-state index is 0.0902. The van der Waals surface area contributed by atoms with E-state index in [2.05, 4.69) is 28.5 Å². The number of carbonyl (C=O) groups is 1. The van der Waals surface area contributed by atoms with Gasteiger partial charge in [-0.15, -0.1) is 4.80 Å². The Labute approximate surface area is 260 Å². The van der Waals surface area contributed by atoms with Gasteiger partial charge in [-0.1, -0.05) is 42.5 Å². The molecular formula is C32H42N6O5S. The first-order valence-electron chi connectivity index (χ1n) is 15.3. The topological polar surface area (TPSA) is 133 Å². The van der Waals surface area contributed by atoms with Crippen LogP contribution in [0.25, 0.3) is 15.2 Å². The summed E-state index contributed by atoms with van der Waals surface area (Å²) >= 11 is 1.27. The molecule has 3 aromatic heterocycles. The van der Waals surface area contributed by atoms with E-state index in [-0.39, 0.29) is 24.8 Å². The fourth-order valence-corrected chi connectivity index (χ4v) is 7.22. The van der Waals surface area contributed by atoms with Crippen molar-refractivity contribution in [1.29, 1.82) is 0 Å². The fraction of sp³-hybridized carbons (Fsp3) is 0.531. The van der Waals surface area contributed by atoms with Crippen LogP contribution in [0.3, 0.4) is 0 Å². The Morgan fingerprint density at radius 2 is 1.80 bits per heavy atom. The highest BCUT2D eigenvalue weighted by molar-refractivity contribution is 7.21. The minimum atomic E-state index is -1.48. The molecule has 236 valence electrons. The van der Waals surface area contributed by atoms with Crippen LogP contribution < -0.4 is 16.6 Å². The number of amides is 1. The second kappa shape index (κ2) is 12.8. The standard InChI is InChI=1S/C32H42N6O5S/c1-7-21-10-8-9-11-24(21)25(43-23-14-12-22(39)13-15-23)18-36-29-26(20(4)28(44-29)38-33-16-17-34-38)27(40)37(31(36)42)32(5,6)30(41)35-19(2)3/h8-11,16-17,19,22-23,25,39H,7,12-15,18H2,1-6H3,(H,35,41)/t22?,23?,25-/m0/s1. The first kappa shape index (κ1) is 31.8. The van der Waals surface area contributed by atoms with Gasteiger partial charge in [-0.2, -0.15) is 10.2 Å². The number of aromatic nitrogens is 5. The van der Waals surface area contributed by atoms with Crippen molar-refractivity contribution in [2.45, 2.75) is 110 Å². The van der Waals surface area contributed by atoms with Crippen LogP contribution in [-0.4, -0.2) is 53.4 Å². The van der Waals surface area contributed by atoms with Crippen LogP contribution in [0.5, 0.6) is 0 Å². The first-order chi connectivity index (χ1) is 20.9. The van der Waals surface area contributed by atoms with E-state index in [1.807, 2.05) is 39.0 Å². The summed E-state index contributed by atoms with van der Waals surface area (Å²) < 4.78 is 9.44. The first-order valence-corrected chi connectivity index (χ1v) is 16.1. The van der Waals surface area contributed by atoms with E-state index in [0.29, 0.717) is 46.5 Å². The van der Waals surface area contributed by atoms with Crippen LogP contribution in [0.15, 0.2) is 46.2 Å². The van der Waals surface area contributed by atoms with Gasteiger partial charge in [-0.25, -0.2) is 9.36 Å². The summed E-state index contributed by atoms with van der Waals surface area (Å²) in [5.74, 6) is -0.427. The maximum atomic E-state index is 14.5. The second-order valence-corrected chi connectivity index (χ2v) is 13.3. The van der Waals surface area contributed by atoms with Crippen LogP contribution in [0.1, 0.15) is 83.1 Å². The number of hydrogen-bond donors (Lipinski definition) is 2. The third-order valence-corrected chi connectivity index (χ3v) is 9.73. The molecular weight excluding hydrogens is 580 g/mol. The average molecular weight is 623 g/mol. The third kappa shape index (κ3) is 6.02. The average Bonchev–Trinajstić information content (AvgIpc) is 3.63. The number of rotatable bonds is 10. The van der Waals surface area contributed by atoms with E-state index in [9.17, 15) is 19.5 Å². The lowest BCUT2D eigenvalue weighted by Gasteiger charge is -2.32. The van der Waals surface area contributed by atoms with Gasteiger partial charge in [0.1, 0.15) is 21.5 Å². The molecule has 0 saturated heterocycles. The van der Waals surface area contributed by atoms with E-state index in [1.165, 1.54) is 16.1 Å². The van der Waals surface area contributed by atoms with Crippen LogP contribution in [-0.2, 0) is 28.0 Å². The summed E-state index contributed by atoms with van der Waals surface area (Å²) in [5.41, 5.74) is 0.0921. The molecule has 1 atom stereocenters. The summed E-state index contributed by atoms with van der Waals surface area (Å²) in [6, 6.07) is 7.86. The van der Waals surface area contributed by atoms with Crippen molar-refractivity contribution in [1.82, 2.24) is 29.4 Å². The number of fused-ring (bicyclic) bond motifs is 1. The minimum Gasteiger partial charge on any atom is -0.393 e. The van der Waals surface area contributed by atoms with Gasteiger partial charge in [-0.3, -0.25) is 14.2 Å². The number of aryl methyl sites for hydroxylation is 2. The number of carbonyl (C=O) groups excluding carboxylic acids is 1. The lowest BCUT2D eigenvalue weighted by Crippen LogP contribution is -2.56. The maximum absolute atomic E-state index is 14.5. The molecule has 1 aliphatic rings. The van der Waals surface area contributed by atoms with Crippen LogP contribution in [0, 0.1) is 6.92 Å². The van der Waals surface area contributed by atoms with Crippen molar-refractivity contribution < 1.29 is 14.6 Å². The van der Waals surface area contributed by atoms with E-state index in [4.69, 9.17) is 4.74 Å². The number of hydrogen-bond acceptors (Lipinski definition) is 8. The van der Waals surface area contributed by atoms with Gasteiger partial charge in [0.05, 0.1) is 36.5 Å². The molecule has 0 spiro atoms. The molecule has 0 bridgehead atoms. The molecule has 1 aromatic carbocycles. The van der Waals surface area contributed by atoms with Crippen molar-refractivity contribution in [2.75, 3.05) is 0 Å². The number of thiophene rings is 1. The molecule has 4 aromatic rings. The van der Waals surface area contributed by atoms with Gasteiger partial charge in [-0.05, 0) is 77.8 Å². The largest absolute Gasteiger partial charge is 0.393 e. The summed E-state index contributed by atoms with van der Waals surface area (Å²) in [7, 11) is 0. The molecule has 44 heavy (non-hydrogen) atoms. The predicted molar refractivity (Wildman–Crippen MR) is 171 cm³/mol. The van der Waals surface area contributed by atoms with Gasteiger partial charge in [0.25, 0.3) is 5.56 Å². The van der Waals surface area contributed by atoms with Gasteiger partial charge < -0.3 is 15.2 Å². The van der Waals surface area contributed by atoms with Gasteiger partial charge in [0.15, 0.2) is 0 Å². The van der Waals surface area contributed by atoms with Crippen LogP contribution in [0.2, 0.25) is 0 Å². The van der Waals surface area contributed by atoms with E-state index in [1.54, 1.807) is 30.8 Å². The number of ether oxygens (including phenoxy) is 1. The molecule has 11 nitrogen and oxygen atoms in total. The zero-order chi connectivity index (χ0) is 31.8. The predicted octanol–water partition coefficient (Wildman–Crippen LogP) is 4.00. The number of benzene rings is 1. The molecule has 1 fully saturated rings. The van der Waals surface area contributed by atoms with Crippen LogP contribution >= 0.6 is 11.3 Å². The quantitative estimate of drug-likeness (QED) is 0.273. The Kier molecular flexibility index (Phi) is 9.24. The van der Waals surface area contributed by atoms with Gasteiger partial charge in [0.2, 0.25) is 5.91 Å². The lowest BCUT2D eigenvalue weighted by atomic mass is 9.94. The number of aliphatic hydroxyl groups excluding tert-OH is 1. The Bertz CT molecular complexity index is 1750. The highest BCUT2D eigenvalue weighted by Crippen LogP contribution is 2.34. The SMILES string of the molecule is CCc1ccccc1[C@H](Cn1c(=O)n(C(C)(C)C(=O)NC(C)C)c(=O)c2c(C)c(-n3nccn3)sc21)OC1CCC(O)CC1. The summed E-state index contributed by atoms with van der Waals surface area (Å²) in [5, 5.41) is 22.5. The molecule has 2 N–H and O–H groups in total. The monoisotopic (exact) mass is 622 g/mol. The Morgan fingerprint density at radius 3 is 2.43 bits per heavy atom. The van der Waals surface area contributed by atoms with Crippen molar-refractivity contribution in [2.24, 2.45) is 0 Å². The summed E-state index contributed by atoms with van der Waals surface area (Å²) in [4.78, 5) is 44.1. The Hall–Kier alpha value is -3.61. The van der Waals surface area contributed by atoms with E-state index < -0.39 is 28.8 Å². The molecule has 0 unspecified atom stereocenters. The fourth-order valence-electron chi connectivity index (χ4n) is 6.00. The number of nitrogens with one attached hydrogen (secondary N) is 1. The summed E-state index contributed by atoms with van der Waals surface area (Å²) in [6.07, 6.45) is 5.70. The lowest BCUT2D eigenvalue weighted by molar-refractivity contribution is -0.129.